The molecule has 0 fully saturated rings. The van der Waals surface area contributed by atoms with Gasteiger partial charge in [0, 0.05) is 17.2 Å². The van der Waals surface area contributed by atoms with Crippen LogP contribution in [0.4, 0.5) is 0 Å². The van der Waals surface area contributed by atoms with E-state index >= 15 is 0 Å². The highest BCUT2D eigenvalue weighted by molar-refractivity contribution is 7.12. The van der Waals surface area contributed by atoms with Gasteiger partial charge in [-0.05, 0) is 30.7 Å². The Bertz CT molecular complexity index is 604. The smallest absolute Gasteiger partial charge is 0.328 e. The van der Waals surface area contributed by atoms with Gasteiger partial charge in [0.25, 0.3) is 0 Å². The second kappa shape index (κ2) is 6.15. The van der Waals surface area contributed by atoms with Gasteiger partial charge in [0.15, 0.2) is 0 Å². The van der Waals surface area contributed by atoms with Crippen molar-refractivity contribution in [1.29, 1.82) is 0 Å². The summed E-state index contributed by atoms with van der Waals surface area (Å²) in [7, 11) is 0. The van der Waals surface area contributed by atoms with Crippen molar-refractivity contribution in [3.63, 3.8) is 0 Å². The number of aliphatic carboxylic acids is 1. The highest BCUT2D eigenvalue weighted by Gasteiger charge is 2.02. The summed E-state index contributed by atoms with van der Waals surface area (Å²) >= 11 is 1.41. The number of hydrogen-bond donors (Lipinski definition) is 1. The van der Waals surface area contributed by atoms with Crippen LogP contribution >= 0.6 is 11.3 Å². The number of carboxylic acids is 1. The van der Waals surface area contributed by atoms with Crippen LogP contribution in [-0.2, 0) is 11.4 Å². The molecule has 0 spiro atoms. The molecule has 0 aliphatic heterocycles. The summed E-state index contributed by atoms with van der Waals surface area (Å²) in [6.07, 6.45) is 4.26. The third-order valence-corrected chi connectivity index (χ3v) is 3.25. The van der Waals surface area contributed by atoms with Crippen molar-refractivity contribution in [3.05, 3.63) is 52.0 Å². The second-order valence-corrected chi connectivity index (χ2v) is 5.08. The van der Waals surface area contributed by atoms with Crippen molar-refractivity contribution in [2.75, 3.05) is 0 Å². The summed E-state index contributed by atoms with van der Waals surface area (Å²) in [5, 5.41) is 9.34. The minimum atomic E-state index is -0.967. The fourth-order valence-corrected chi connectivity index (χ4v) is 2.21. The predicted octanol–water partition coefficient (Wildman–Crippen LogP) is 3.13. The molecule has 0 radical (unpaired) electrons. The summed E-state index contributed by atoms with van der Waals surface area (Å²) in [6, 6.07) is 7.79. The molecule has 98 valence electrons. The zero-order valence-corrected chi connectivity index (χ0v) is 11.2. The number of rotatable bonds is 5. The Kier molecular flexibility index (Phi) is 4.30. The predicted molar refractivity (Wildman–Crippen MR) is 74.3 cm³/mol. The van der Waals surface area contributed by atoms with Crippen LogP contribution in [0, 0.1) is 6.92 Å². The molecule has 0 amide bonds. The lowest BCUT2D eigenvalue weighted by atomic mass is 10.2. The lowest BCUT2D eigenvalue weighted by Crippen LogP contribution is -1.94. The normalized spacial score (nSPS) is 10.8. The number of carboxylic acid groups (broad SMARTS) is 1. The third-order valence-electron chi connectivity index (χ3n) is 2.31. The molecule has 1 N–H and O–H groups in total. The van der Waals surface area contributed by atoms with Crippen LogP contribution in [0.25, 0.3) is 6.08 Å². The minimum absolute atomic E-state index is 0.384. The maximum atomic E-state index is 10.4. The molecule has 4 nitrogen and oxygen atoms in total. The van der Waals surface area contributed by atoms with Gasteiger partial charge in [0.05, 0.1) is 0 Å². The largest absolute Gasteiger partial charge is 0.486 e. The number of ether oxygens (including phenoxy) is 1. The molecule has 0 saturated heterocycles. The monoisotopic (exact) mass is 275 g/mol. The highest BCUT2D eigenvalue weighted by Crippen LogP contribution is 2.18. The first-order chi connectivity index (χ1) is 9.13. The van der Waals surface area contributed by atoms with E-state index in [0.29, 0.717) is 6.61 Å². The van der Waals surface area contributed by atoms with Gasteiger partial charge in [-0.1, -0.05) is 12.1 Å². The van der Waals surface area contributed by atoms with E-state index in [9.17, 15) is 4.79 Å². The summed E-state index contributed by atoms with van der Waals surface area (Å²) in [5.41, 5.74) is 1.14. The average Bonchev–Trinajstić information content (AvgIpc) is 2.82. The number of nitrogens with zero attached hydrogens (tertiary/aromatic N) is 1. The van der Waals surface area contributed by atoms with Gasteiger partial charge in [0.1, 0.15) is 17.4 Å². The van der Waals surface area contributed by atoms with Gasteiger partial charge in [-0.15, -0.1) is 11.3 Å². The molecule has 1 aromatic carbocycles. The number of hydrogen-bond acceptors (Lipinski definition) is 4. The van der Waals surface area contributed by atoms with E-state index < -0.39 is 5.97 Å². The Morgan fingerprint density at radius 2 is 2.37 bits per heavy atom. The van der Waals surface area contributed by atoms with E-state index in [1.807, 2.05) is 31.2 Å². The fourth-order valence-electron chi connectivity index (χ4n) is 1.47. The molecule has 0 unspecified atom stereocenters. The van der Waals surface area contributed by atoms with Gasteiger partial charge in [-0.3, -0.25) is 0 Å². The van der Waals surface area contributed by atoms with Crippen LogP contribution in [-0.4, -0.2) is 16.1 Å². The van der Waals surface area contributed by atoms with Gasteiger partial charge in [-0.25, -0.2) is 9.78 Å². The Morgan fingerprint density at radius 1 is 1.53 bits per heavy atom. The molecule has 0 aliphatic rings. The summed E-state index contributed by atoms with van der Waals surface area (Å²) in [5.74, 6) is -0.163. The van der Waals surface area contributed by atoms with E-state index in [2.05, 4.69) is 4.98 Å². The van der Waals surface area contributed by atoms with Crippen molar-refractivity contribution in [2.45, 2.75) is 13.5 Å². The van der Waals surface area contributed by atoms with Crippen LogP contribution in [0.5, 0.6) is 5.75 Å². The summed E-state index contributed by atoms with van der Waals surface area (Å²) in [4.78, 5) is 15.4. The number of aryl methyl sites for hydroxylation is 1. The quantitative estimate of drug-likeness (QED) is 0.852. The van der Waals surface area contributed by atoms with E-state index in [4.69, 9.17) is 9.84 Å². The molecule has 0 atom stereocenters. The number of aromatic nitrogens is 1. The van der Waals surface area contributed by atoms with Crippen LogP contribution in [0.3, 0.4) is 0 Å². The topological polar surface area (TPSA) is 59.4 Å². The van der Waals surface area contributed by atoms with Gasteiger partial charge in [-0.2, -0.15) is 0 Å². The van der Waals surface area contributed by atoms with Gasteiger partial charge >= 0.3 is 5.97 Å². The SMILES string of the molecule is Cc1cccc(OCc2ncc(/C=C/C(=O)O)s2)c1. The third kappa shape index (κ3) is 4.22. The van der Waals surface area contributed by atoms with Crippen molar-refractivity contribution in [2.24, 2.45) is 0 Å². The lowest BCUT2D eigenvalue weighted by Gasteiger charge is -2.04. The zero-order valence-electron chi connectivity index (χ0n) is 10.4. The molecule has 0 bridgehead atoms. The Balaban J connectivity index is 1.95. The van der Waals surface area contributed by atoms with Crippen molar-refractivity contribution < 1.29 is 14.6 Å². The van der Waals surface area contributed by atoms with Crippen LogP contribution < -0.4 is 4.74 Å². The van der Waals surface area contributed by atoms with E-state index in [-0.39, 0.29) is 0 Å². The molecule has 1 aromatic heterocycles. The lowest BCUT2D eigenvalue weighted by molar-refractivity contribution is -0.131. The summed E-state index contributed by atoms with van der Waals surface area (Å²) in [6.45, 7) is 2.39. The molecule has 2 rings (SSSR count). The summed E-state index contributed by atoms with van der Waals surface area (Å²) < 4.78 is 5.62. The number of carbonyl (C=O) groups is 1. The Labute approximate surface area is 115 Å². The standard InChI is InChI=1S/C14H13NO3S/c1-10-3-2-4-11(7-10)18-9-13-15-8-12(19-13)5-6-14(16)17/h2-8H,9H2,1H3,(H,16,17)/b6-5+. The van der Waals surface area contributed by atoms with Crippen LogP contribution in [0.2, 0.25) is 0 Å². The maximum Gasteiger partial charge on any atom is 0.328 e. The molecule has 19 heavy (non-hydrogen) atoms. The van der Waals surface area contributed by atoms with Crippen LogP contribution in [0.15, 0.2) is 36.5 Å². The van der Waals surface area contributed by atoms with Gasteiger partial charge in [0.2, 0.25) is 0 Å². The molecular weight excluding hydrogens is 262 g/mol. The first kappa shape index (κ1) is 13.3. The molecule has 0 aliphatic carbocycles. The Hall–Kier alpha value is -2.14. The molecule has 0 saturated carbocycles. The van der Waals surface area contributed by atoms with Gasteiger partial charge < -0.3 is 9.84 Å². The average molecular weight is 275 g/mol. The molecule has 5 heteroatoms. The number of benzene rings is 1. The molecule has 2 aromatic rings. The fraction of sp³-hybridized carbons (Fsp3) is 0.143. The first-order valence-corrected chi connectivity index (χ1v) is 6.50. The maximum absolute atomic E-state index is 10.4. The highest BCUT2D eigenvalue weighted by atomic mass is 32.1. The molecular formula is C14H13NO3S. The van der Waals surface area contributed by atoms with E-state index in [1.54, 1.807) is 6.20 Å². The van der Waals surface area contributed by atoms with Crippen molar-refractivity contribution in [1.82, 2.24) is 4.98 Å². The second-order valence-electron chi connectivity index (χ2n) is 3.93. The van der Waals surface area contributed by atoms with E-state index in [1.165, 1.54) is 17.4 Å². The van der Waals surface area contributed by atoms with Crippen molar-refractivity contribution in [3.8, 4) is 5.75 Å². The van der Waals surface area contributed by atoms with Crippen molar-refractivity contribution >= 4 is 23.4 Å². The molecule has 1 heterocycles. The van der Waals surface area contributed by atoms with E-state index in [0.717, 1.165) is 27.3 Å². The first-order valence-electron chi connectivity index (χ1n) is 5.68. The minimum Gasteiger partial charge on any atom is -0.486 e. The van der Waals surface area contributed by atoms with Crippen LogP contribution in [0.1, 0.15) is 15.4 Å². The number of thiazole rings is 1. The zero-order chi connectivity index (χ0) is 13.7. The Morgan fingerprint density at radius 3 is 3.11 bits per heavy atom.